The molecule has 0 aromatic carbocycles. The van der Waals surface area contributed by atoms with Gasteiger partial charge in [0.2, 0.25) is 0 Å². The summed E-state index contributed by atoms with van der Waals surface area (Å²) in [6.45, 7) is 5.23. The lowest BCUT2D eigenvalue weighted by atomic mass is 10.2. The topological polar surface area (TPSA) is 24.9 Å². The Morgan fingerprint density at radius 2 is 2.07 bits per heavy atom. The maximum atomic E-state index is 4.22. The van der Waals surface area contributed by atoms with Crippen LogP contribution in [0.25, 0.3) is 0 Å². The molecule has 0 spiro atoms. The molecule has 1 unspecified atom stereocenters. The van der Waals surface area contributed by atoms with Crippen molar-refractivity contribution in [1.29, 1.82) is 0 Å². The zero-order chi connectivity index (χ0) is 8.81. The van der Waals surface area contributed by atoms with E-state index < -0.39 is 0 Å². The molecule has 1 aromatic rings. The number of pyridine rings is 1. The third-order valence-electron chi connectivity index (χ3n) is 1.97. The predicted molar refractivity (Wildman–Crippen MR) is 65.3 cm³/mol. The molecule has 1 N–H and O–H groups in total. The molecule has 1 aromatic heterocycles. The number of hydrogen-bond acceptors (Lipinski definition) is 2. The zero-order valence-corrected chi connectivity index (χ0v) is 10.2. The molecule has 1 atom stereocenters. The number of rotatable bonds is 4. The molecule has 0 bridgehead atoms. The fourth-order valence-corrected chi connectivity index (χ4v) is 0.926. The van der Waals surface area contributed by atoms with Crippen molar-refractivity contribution in [3.05, 3.63) is 30.1 Å². The minimum absolute atomic E-state index is 0. The third-order valence-corrected chi connectivity index (χ3v) is 1.97. The first-order chi connectivity index (χ1) is 5.83. The molecule has 0 fully saturated rings. The third kappa shape index (κ3) is 6.19. The van der Waals surface area contributed by atoms with Crippen LogP contribution in [0.2, 0.25) is 0 Å². The van der Waals surface area contributed by atoms with Crippen molar-refractivity contribution in [3.8, 4) is 0 Å². The minimum Gasteiger partial charge on any atom is -0.309 e. The molecule has 2 nitrogen and oxygen atoms in total. The quantitative estimate of drug-likeness (QED) is 0.870. The van der Waals surface area contributed by atoms with E-state index in [0.29, 0.717) is 6.04 Å². The van der Waals surface area contributed by atoms with Gasteiger partial charge in [-0.15, -0.1) is 24.8 Å². The summed E-state index contributed by atoms with van der Waals surface area (Å²) in [6, 6.07) is 6.56. The minimum atomic E-state index is 0. The van der Waals surface area contributed by atoms with E-state index in [1.807, 2.05) is 24.4 Å². The average Bonchev–Trinajstić information content (AvgIpc) is 2.16. The maximum Gasteiger partial charge on any atom is 0.0541 e. The van der Waals surface area contributed by atoms with Crippen LogP contribution in [-0.4, -0.2) is 11.0 Å². The standard InChI is InChI=1S/C10H16N2.2ClH/c1-3-9(2)12-8-10-6-4-5-7-11-10;;/h4-7,9,12H,3,8H2,1-2H3;2*1H. The van der Waals surface area contributed by atoms with E-state index in [-0.39, 0.29) is 24.8 Å². The predicted octanol–water partition coefficient (Wildman–Crippen LogP) is 2.81. The highest BCUT2D eigenvalue weighted by Gasteiger charge is 1.97. The van der Waals surface area contributed by atoms with Crippen molar-refractivity contribution in [2.45, 2.75) is 32.9 Å². The van der Waals surface area contributed by atoms with E-state index in [1.165, 1.54) is 0 Å². The first-order valence-corrected chi connectivity index (χ1v) is 4.46. The van der Waals surface area contributed by atoms with Gasteiger partial charge in [0.1, 0.15) is 0 Å². The highest BCUT2D eigenvalue weighted by molar-refractivity contribution is 5.85. The monoisotopic (exact) mass is 236 g/mol. The first kappa shape index (κ1) is 16.1. The van der Waals surface area contributed by atoms with Crippen LogP contribution in [0.15, 0.2) is 24.4 Å². The number of aromatic nitrogens is 1. The summed E-state index contributed by atoms with van der Waals surface area (Å²) in [7, 11) is 0. The van der Waals surface area contributed by atoms with Crippen LogP contribution < -0.4 is 5.32 Å². The Balaban J connectivity index is 0. The summed E-state index contributed by atoms with van der Waals surface area (Å²) in [6.07, 6.45) is 2.99. The molecule has 0 aliphatic carbocycles. The summed E-state index contributed by atoms with van der Waals surface area (Å²) < 4.78 is 0. The zero-order valence-electron chi connectivity index (χ0n) is 8.56. The van der Waals surface area contributed by atoms with Crippen LogP contribution in [-0.2, 0) is 6.54 Å². The van der Waals surface area contributed by atoms with Gasteiger partial charge in [-0.1, -0.05) is 13.0 Å². The first-order valence-electron chi connectivity index (χ1n) is 4.46. The lowest BCUT2D eigenvalue weighted by Gasteiger charge is -2.09. The highest BCUT2D eigenvalue weighted by Crippen LogP contribution is 1.94. The second kappa shape index (κ2) is 9.25. The smallest absolute Gasteiger partial charge is 0.0541 e. The second-order valence-electron chi connectivity index (χ2n) is 3.01. The molecule has 0 amide bonds. The summed E-state index contributed by atoms with van der Waals surface area (Å²) in [5.41, 5.74) is 1.11. The summed E-state index contributed by atoms with van der Waals surface area (Å²) in [4.78, 5) is 4.22. The van der Waals surface area contributed by atoms with Gasteiger partial charge in [0.15, 0.2) is 0 Å². The van der Waals surface area contributed by atoms with Crippen LogP contribution in [0.3, 0.4) is 0 Å². The fraction of sp³-hybridized carbons (Fsp3) is 0.500. The molecule has 0 aliphatic rings. The Labute approximate surface area is 98.3 Å². The molecule has 4 heteroatoms. The fourth-order valence-electron chi connectivity index (χ4n) is 0.926. The van der Waals surface area contributed by atoms with Crippen molar-refractivity contribution in [2.75, 3.05) is 0 Å². The van der Waals surface area contributed by atoms with E-state index in [2.05, 4.69) is 24.1 Å². The highest BCUT2D eigenvalue weighted by atomic mass is 35.5. The Kier molecular flexibility index (Phi) is 10.7. The van der Waals surface area contributed by atoms with Crippen molar-refractivity contribution >= 4 is 24.8 Å². The van der Waals surface area contributed by atoms with Crippen LogP contribution in [0.5, 0.6) is 0 Å². The summed E-state index contributed by atoms with van der Waals surface area (Å²) >= 11 is 0. The van der Waals surface area contributed by atoms with Gasteiger partial charge in [-0.3, -0.25) is 4.98 Å². The van der Waals surface area contributed by atoms with Crippen molar-refractivity contribution in [1.82, 2.24) is 10.3 Å². The maximum absolute atomic E-state index is 4.22. The van der Waals surface area contributed by atoms with E-state index in [1.54, 1.807) is 0 Å². The molecule has 14 heavy (non-hydrogen) atoms. The van der Waals surface area contributed by atoms with E-state index in [9.17, 15) is 0 Å². The van der Waals surface area contributed by atoms with Gasteiger partial charge >= 0.3 is 0 Å². The Morgan fingerprint density at radius 3 is 2.57 bits per heavy atom. The van der Waals surface area contributed by atoms with Gasteiger partial charge in [-0.2, -0.15) is 0 Å². The molecule has 0 aliphatic heterocycles. The number of nitrogens with zero attached hydrogens (tertiary/aromatic N) is 1. The van der Waals surface area contributed by atoms with E-state index >= 15 is 0 Å². The molecule has 0 saturated carbocycles. The average molecular weight is 237 g/mol. The van der Waals surface area contributed by atoms with Crippen molar-refractivity contribution in [3.63, 3.8) is 0 Å². The van der Waals surface area contributed by atoms with E-state index in [4.69, 9.17) is 0 Å². The van der Waals surface area contributed by atoms with Crippen LogP contribution >= 0.6 is 24.8 Å². The van der Waals surface area contributed by atoms with Gasteiger partial charge < -0.3 is 5.32 Å². The second-order valence-corrected chi connectivity index (χ2v) is 3.01. The van der Waals surface area contributed by atoms with Crippen molar-refractivity contribution in [2.24, 2.45) is 0 Å². The molecule has 0 radical (unpaired) electrons. The van der Waals surface area contributed by atoms with Crippen LogP contribution in [0, 0.1) is 0 Å². The van der Waals surface area contributed by atoms with Gasteiger partial charge in [0.05, 0.1) is 5.69 Å². The van der Waals surface area contributed by atoms with Crippen molar-refractivity contribution < 1.29 is 0 Å². The summed E-state index contributed by atoms with van der Waals surface area (Å²) in [5.74, 6) is 0. The number of halogens is 2. The number of hydrogen-bond donors (Lipinski definition) is 1. The molecular formula is C10H18Cl2N2. The molecular weight excluding hydrogens is 219 g/mol. The normalized spacial score (nSPS) is 11.0. The Hall–Kier alpha value is -0.310. The Bertz CT molecular complexity index is 217. The van der Waals surface area contributed by atoms with Gasteiger partial charge in [-0.05, 0) is 25.5 Å². The van der Waals surface area contributed by atoms with Gasteiger partial charge in [0.25, 0.3) is 0 Å². The van der Waals surface area contributed by atoms with Gasteiger partial charge in [-0.25, -0.2) is 0 Å². The van der Waals surface area contributed by atoms with Crippen LogP contribution in [0.4, 0.5) is 0 Å². The SMILES string of the molecule is CCC(C)NCc1ccccn1.Cl.Cl. The number of nitrogens with one attached hydrogen (secondary N) is 1. The lowest BCUT2D eigenvalue weighted by molar-refractivity contribution is 0.529. The van der Waals surface area contributed by atoms with Crippen LogP contribution in [0.1, 0.15) is 26.0 Å². The molecule has 82 valence electrons. The molecule has 1 rings (SSSR count). The van der Waals surface area contributed by atoms with E-state index in [0.717, 1.165) is 18.7 Å². The lowest BCUT2D eigenvalue weighted by Crippen LogP contribution is -2.24. The largest absolute Gasteiger partial charge is 0.309 e. The Morgan fingerprint density at radius 1 is 1.36 bits per heavy atom. The van der Waals surface area contributed by atoms with Gasteiger partial charge in [0, 0.05) is 18.8 Å². The summed E-state index contributed by atoms with van der Waals surface area (Å²) in [5, 5.41) is 3.39. The molecule has 1 heterocycles. The molecule has 0 saturated heterocycles.